The molecule has 1 aromatic carbocycles. The number of carbonyl (C=O) groups excluding carboxylic acids is 2. The van der Waals surface area contributed by atoms with Crippen LogP contribution in [0.25, 0.3) is 0 Å². The van der Waals surface area contributed by atoms with E-state index < -0.39 is 11.6 Å². The van der Waals surface area contributed by atoms with Crippen LogP contribution in [0.5, 0.6) is 0 Å². The molecular formula is C15H16N2O2. The van der Waals surface area contributed by atoms with Crippen molar-refractivity contribution >= 4 is 11.9 Å². The lowest BCUT2D eigenvalue weighted by molar-refractivity contribution is -0.126. The fourth-order valence-corrected chi connectivity index (χ4v) is 3.08. The first kappa shape index (κ1) is 12.0. The molecule has 1 saturated heterocycles. The largest absolute Gasteiger partial charge is 0.322 e. The number of hydrogen-bond acceptors (Lipinski definition) is 2. The number of amides is 3. The maximum atomic E-state index is 12.4. The van der Waals surface area contributed by atoms with Gasteiger partial charge in [-0.3, -0.25) is 10.1 Å². The molecule has 19 heavy (non-hydrogen) atoms. The standard InChI is InChI=1S/C15H16N2O2/c18-13-15(17-14(19)16-13,11-7-3-1-4-8-11)12-9-5-2-6-10-12/h1-5,7-8,12H,6,9-10H2,(H2,16,17,18,19). The number of benzene rings is 1. The maximum absolute atomic E-state index is 12.4. The van der Waals surface area contributed by atoms with E-state index in [4.69, 9.17) is 0 Å². The van der Waals surface area contributed by atoms with E-state index >= 15 is 0 Å². The number of urea groups is 1. The molecule has 4 heteroatoms. The van der Waals surface area contributed by atoms with Crippen LogP contribution in [0.1, 0.15) is 24.8 Å². The van der Waals surface area contributed by atoms with E-state index in [1.54, 1.807) is 0 Å². The van der Waals surface area contributed by atoms with Gasteiger partial charge in [0, 0.05) is 0 Å². The van der Waals surface area contributed by atoms with Crippen molar-refractivity contribution in [1.29, 1.82) is 0 Å². The molecule has 3 rings (SSSR count). The van der Waals surface area contributed by atoms with Gasteiger partial charge in [0.05, 0.1) is 0 Å². The van der Waals surface area contributed by atoms with Gasteiger partial charge in [0.15, 0.2) is 0 Å². The minimum atomic E-state index is -0.914. The lowest BCUT2D eigenvalue weighted by atomic mass is 9.72. The topological polar surface area (TPSA) is 58.2 Å². The van der Waals surface area contributed by atoms with Crippen LogP contribution in [0.15, 0.2) is 42.5 Å². The number of imide groups is 1. The van der Waals surface area contributed by atoms with Gasteiger partial charge in [-0.25, -0.2) is 4.79 Å². The lowest BCUT2D eigenvalue weighted by Gasteiger charge is -2.36. The summed E-state index contributed by atoms with van der Waals surface area (Å²) in [5.41, 5.74) is -0.0537. The van der Waals surface area contributed by atoms with Crippen molar-refractivity contribution in [1.82, 2.24) is 10.6 Å². The van der Waals surface area contributed by atoms with Gasteiger partial charge in [-0.1, -0.05) is 42.5 Å². The van der Waals surface area contributed by atoms with Crippen LogP contribution in [0, 0.1) is 5.92 Å². The molecule has 3 amide bonds. The average molecular weight is 256 g/mol. The summed E-state index contributed by atoms with van der Waals surface area (Å²) in [7, 11) is 0. The molecule has 1 heterocycles. The fourth-order valence-electron chi connectivity index (χ4n) is 3.08. The Morgan fingerprint density at radius 1 is 1.11 bits per heavy atom. The Hall–Kier alpha value is -2.10. The zero-order valence-electron chi connectivity index (χ0n) is 10.6. The van der Waals surface area contributed by atoms with Crippen molar-refractivity contribution in [2.45, 2.75) is 24.8 Å². The Morgan fingerprint density at radius 3 is 2.47 bits per heavy atom. The van der Waals surface area contributed by atoms with Gasteiger partial charge < -0.3 is 5.32 Å². The molecule has 0 bridgehead atoms. The molecule has 0 aromatic heterocycles. The third-order valence-corrected chi connectivity index (χ3v) is 4.01. The van der Waals surface area contributed by atoms with E-state index in [0.717, 1.165) is 24.8 Å². The van der Waals surface area contributed by atoms with Crippen molar-refractivity contribution in [3.8, 4) is 0 Å². The van der Waals surface area contributed by atoms with E-state index in [1.165, 1.54) is 0 Å². The minimum Gasteiger partial charge on any atom is -0.319 e. The molecule has 0 saturated carbocycles. The number of carbonyl (C=O) groups is 2. The minimum absolute atomic E-state index is 0.103. The fraction of sp³-hybridized carbons (Fsp3) is 0.333. The normalized spacial score (nSPS) is 30.0. The average Bonchev–Trinajstić information content (AvgIpc) is 2.76. The Balaban J connectivity index is 2.08. The Kier molecular flexibility index (Phi) is 2.85. The number of nitrogens with one attached hydrogen (secondary N) is 2. The highest BCUT2D eigenvalue weighted by Gasteiger charge is 2.52. The lowest BCUT2D eigenvalue weighted by Crippen LogP contribution is -2.50. The summed E-state index contributed by atoms with van der Waals surface area (Å²) in [6.45, 7) is 0. The van der Waals surface area contributed by atoms with Gasteiger partial charge >= 0.3 is 6.03 Å². The second-order valence-electron chi connectivity index (χ2n) is 5.06. The predicted octanol–water partition coefficient (Wildman–Crippen LogP) is 2.08. The molecule has 1 aromatic rings. The van der Waals surface area contributed by atoms with Crippen molar-refractivity contribution < 1.29 is 9.59 Å². The highest BCUT2D eigenvalue weighted by atomic mass is 16.2. The van der Waals surface area contributed by atoms with Crippen molar-refractivity contribution in [2.75, 3.05) is 0 Å². The predicted molar refractivity (Wildman–Crippen MR) is 71.3 cm³/mol. The SMILES string of the molecule is O=C1NC(=O)C(c2ccccc2)(C2CC=CCC2)N1. The Labute approximate surface area is 111 Å². The molecule has 0 spiro atoms. The van der Waals surface area contributed by atoms with Crippen LogP contribution in [0.2, 0.25) is 0 Å². The van der Waals surface area contributed by atoms with Crippen LogP contribution >= 0.6 is 0 Å². The maximum Gasteiger partial charge on any atom is 0.322 e. The van der Waals surface area contributed by atoms with Crippen LogP contribution in [-0.2, 0) is 10.3 Å². The summed E-state index contributed by atoms with van der Waals surface area (Å²) in [5, 5.41) is 5.26. The Bertz CT molecular complexity index is 538. The second kappa shape index (κ2) is 4.53. The van der Waals surface area contributed by atoms with E-state index in [-0.39, 0.29) is 11.8 Å². The zero-order valence-corrected chi connectivity index (χ0v) is 10.6. The number of allylic oxidation sites excluding steroid dienone is 2. The molecule has 0 radical (unpaired) electrons. The summed E-state index contributed by atoms with van der Waals surface area (Å²) in [6.07, 6.45) is 6.88. The summed E-state index contributed by atoms with van der Waals surface area (Å²) in [4.78, 5) is 24.0. The molecule has 1 aliphatic heterocycles. The molecular weight excluding hydrogens is 240 g/mol. The molecule has 2 N–H and O–H groups in total. The first-order valence-electron chi connectivity index (χ1n) is 6.57. The van der Waals surface area contributed by atoms with E-state index in [1.807, 2.05) is 30.3 Å². The second-order valence-corrected chi connectivity index (χ2v) is 5.06. The third-order valence-electron chi connectivity index (χ3n) is 4.01. The van der Waals surface area contributed by atoms with Crippen LogP contribution < -0.4 is 10.6 Å². The van der Waals surface area contributed by atoms with Crippen LogP contribution in [-0.4, -0.2) is 11.9 Å². The van der Waals surface area contributed by atoms with Gasteiger partial charge in [0.1, 0.15) is 5.54 Å². The summed E-state index contributed by atoms with van der Waals surface area (Å²) < 4.78 is 0. The van der Waals surface area contributed by atoms with Crippen molar-refractivity contribution in [3.63, 3.8) is 0 Å². The summed E-state index contributed by atoms with van der Waals surface area (Å²) in [5.74, 6) is -0.129. The highest BCUT2D eigenvalue weighted by Crippen LogP contribution is 2.39. The number of hydrogen-bond donors (Lipinski definition) is 2. The zero-order chi connectivity index (χ0) is 13.3. The van der Waals surface area contributed by atoms with Gasteiger partial charge in [-0.2, -0.15) is 0 Å². The van der Waals surface area contributed by atoms with Crippen LogP contribution in [0.4, 0.5) is 4.79 Å². The van der Waals surface area contributed by atoms with Crippen molar-refractivity contribution in [2.24, 2.45) is 5.92 Å². The van der Waals surface area contributed by atoms with Gasteiger partial charge in [-0.15, -0.1) is 0 Å². The Morgan fingerprint density at radius 2 is 1.89 bits per heavy atom. The number of rotatable bonds is 2. The molecule has 1 aliphatic carbocycles. The molecule has 2 unspecified atom stereocenters. The van der Waals surface area contributed by atoms with Crippen LogP contribution in [0.3, 0.4) is 0 Å². The summed E-state index contributed by atoms with van der Waals surface area (Å²) >= 11 is 0. The molecule has 1 fully saturated rings. The van der Waals surface area contributed by atoms with Gasteiger partial charge in [-0.05, 0) is 30.7 Å². The van der Waals surface area contributed by atoms with E-state index in [0.29, 0.717) is 0 Å². The molecule has 2 aliphatic rings. The monoisotopic (exact) mass is 256 g/mol. The molecule has 2 atom stereocenters. The molecule has 98 valence electrons. The van der Waals surface area contributed by atoms with Crippen molar-refractivity contribution in [3.05, 3.63) is 48.0 Å². The van der Waals surface area contributed by atoms with Gasteiger partial charge in [0.2, 0.25) is 0 Å². The smallest absolute Gasteiger partial charge is 0.319 e. The summed E-state index contributed by atoms with van der Waals surface area (Å²) in [6, 6.07) is 9.11. The first-order valence-corrected chi connectivity index (χ1v) is 6.57. The molecule has 4 nitrogen and oxygen atoms in total. The quantitative estimate of drug-likeness (QED) is 0.628. The van der Waals surface area contributed by atoms with E-state index in [9.17, 15) is 9.59 Å². The van der Waals surface area contributed by atoms with Gasteiger partial charge in [0.25, 0.3) is 5.91 Å². The first-order chi connectivity index (χ1) is 9.23. The van der Waals surface area contributed by atoms with E-state index in [2.05, 4.69) is 22.8 Å². The highest BCUT2D eigenvalue weighted by molar-refractivity contribution is 6.07. The third kappa shape index (κ3) is 1.84.